The predicted molar refractivity (Wildman–Crippen MR) is 76.4 cm³/mol. The van der Waals surface area contributed by atoms with Crippen molar-refractivity contribution in [1.29, 1.82) is 0 Å². The fourth-order valence-corrected chi connectivity index (χ4v) is 2.75. The Bertz CT molecular complexity index is 451. The molecule has 2 rings (SSSR count). The lowest BCUT2D eigenvalue weighted by molar-refractivity contribution is -0.153. The summed E-state index contributed by atoms with van der Waals surface area (Å²) < 4.78 is 41.8. The van der Waals surface area contributed by atoms with Gasteiger partial charge < -0.3 is 15.8 Å². The van der Waals surface area contributed by atoms with Gasteiger partial charge in [-0.1, -0.05) is 25.0 Å². The van der Waals surface area contributed by atoms with Crippen molar-refractivity contribution < 1.29 is 17.9 Å². The van der Waals surface area contributed by atoms with Crippen LogP contribution in [0.25, 0.3) is 0 Å². The molecule has 0 aliphatic heterocycles. The van der Waals surface area contributed by atoms with Crippen molar-refractivity contribution >= 4 is 5.69 Å². The number of hydrogen-bond acceptors (Lipinski definition) is 3. The van der Waals surface area contributed by atoms with Gasteiger partial charge >= 0.3 is 6.18 Å². The van der Waals surface area contributed by atoms with Crippen molar-refractivity contribution in [3.8, 4) is 5.75 Å². The molecule has 1 aliphatic rings. The molecule has 0 spiro atoms. The molecule has 1 fully saturated rings. The Morgan fingerprint density at radius 3 is 2.62 bits per heavy atom. The Balaban J connectivity index is 2.05. The highest BCUT2D eigenvalue weighted by Crippen LogP contribution is 2.31. The zero-order valence-corrected chi connectivity index (χ0v) is 11.8. The second kappa shape index (κ2) is 7.02. The molecule has 0 bridgehead atoms. The zero-order chi connectivity index (χ0) is 15.3. The third-order valence-electron chi connectivity index (χ3n) is 3.83. The largest absolute Gasteiger partial charge is 0.482 e. The van der Waals surface area contributed by atoms with Gasteiger partial charge in [0.25, 0.3) is 0 Å². The molecule has 1 aromatic rings. The number of benzene rings is 1. The SMILES string of the molecule is NCC1CCCCC1Nc1ccccc1OCC(F)(F)F. The highest BCUT2D eigenvalue weighted by Gasteiger charge is 2.29. The van der Waals surface area contributed by atoms with Crippen LogP contribution in [-0.4, -0.2) is 25.4 Å². The summed E-state index contributed by atoms with van der Waals surface area (Å²) in [7, 11) is 0. The molecule has 2 atom stereocenters. The number of nitrogens with one attached hydrogen (secondary N) is 1. The first-order chi connectivity index (χ1) is 9.99. The average molecular weight is 302 g/mol. The zero-order valence-electron chi connectivity index (χ0n) is 11.8. The summed E-state index contributed by atoms with van der Waals surface area (Å²) in [6.07, 6.45) is -0.0288. The summed E-state index contributed by atoms with van der Waals surface area (Å²) in [6, 6.07) is 6.93. The van der Waals surface area contributed by atoms with Gasteiger partial charge in [-0.05, 0) is 37.4 Å². The molecule has 0 amide bonds. The number of hydrogen-bond donors (Lipinski definition) is 2. The van der Waals surface area contributed by atoms with Crippen LogP contribution in [0, 0.1) is 5.92 Å². The average Bonchev–Trinajstić information content (AvgIpc) is 2.46. The number of alkyl halides is 3. The molecule has 0 saturated heterocycles. The maximum atomic E-state index is 12.3. The van der Waals surface area contributed by atoms with Crippen molar-refractivity contribution in [3.05, 3.63) is 24.3 Å². The summed E-state index contributed by atoms with van der Waals surface area (Å²) in [6.45, 7) is -0.695. The van der Waals surface area contributed by atoms with E-state index in [1.165, 1.54) is 0 Å². The third kappa shape index (κ3) is 4.81. The van der Waals surface area contributed by atoms with E-state index in [1.54, 1.807) is 24.3 Å². The van der Waals surface area contributed by atoms with E-state index in [-0.39, 0.29) is 11.8 Å². The smallest absolute Gasteiger partial charge is 0.422 e. The Hall–Kier alpha value is -1.43. The molecule has 1 saturated carbocycles. The first kappa shape index (κ1) is 15.9. The van der Waals surface area contributed by atoms with Gasteiger partial charge in [0, 0.05) is 6.04 Å². The minimum Gasteiger partial charge on any atom is -0.482 e. The molecule has 118 valence electrons. The van der Waals surface area contributed by atoms with Crippen LogP contribution in [-0.2, 0) is 0 Å². The second-order valence-electron chi connectivity index (χ2n) is 5.43. The maximum Gasteiger partial charge on any atom is 0.422 e. The van der Waals surface area contributed by atoms with E-state index in [9.17, 15) is 13.2 Å². The Labute approximate surface area is 122 Å². The van der Waals surface area contributed by atoms with Gasteiger partial charge in [-0.15, -0.1) is 0 Å². The topological polar surface area (TPSA) is 47.3 Å². The van der Waals surface area contributed by atoms with Crippen LogP contribution < -0.4 is 15.8 Å². The molecule has 1 aromatic carbocycles. The van der Waals surface area contributed by atoms with E-state index >= 15 is 0 Å². The van der Waals surface area contributed by atoms with Gasteiger partial charge in [0.1, 0.15) is 5.75 Å². The van der Waals surface area contributed by atoms with Crippen LogP contribution in [0.4, 0.5) is 18.9 Å². The molecule has 0 radical (unpaired) electrons. The Kier molecular flexibility index (Phi) is 5.33. The second-order valence-corrected chi connectivity index (χ2v) is 5.43. The van der Waals surface area contributed by atoms with Crippen LogP contribution in [0.5, 0.6) is 5.75 Å². The van der Waals surface area contributed by atoms with Gasteiger partial charge in [-0.25, -0.2) is 0 Å². The van der Waals surface area contributed by atoms with Crippen LogP contribution in [0.2, 0.25) is 0 Å². The number of halogens is 3. The molecule has 0 aromatic heterocycles. The molecular weight excluding hydrogens is 281 g/mol. The lowest BCUT2D eigenvalue weighted by Gasteiger charge is -2.32. The molecule has 2 unspecified atom stereocenters. The third-order valence-corrected chi connectivity index (χ3v) is 3.83. The molecule has 3 N–H and O–H groups in total. The lowest BCUT2D eigenvalue weighted by Crippen LogP contribution is -2.36. The quantitative estimate of drug-likeness (QED) is 0.874. The van der Waals surface area contributed by atoms with E-state index in [0.717, 1.165) is 25.7 Å². The Morgan fingerprint density at radius 2 is 1.90 bits per heavy atom. The minimum atomic E-state index is -4.34. The van der Waals surface area contributed by atoms with Crippen LogP contribution >= 0.6 is 0 Å². The summed E-state index contributed by atoms with van der Waals surface area (Å²) in [5, 5.41) is 3.31. The standard InChI is InChI=1S/C15H21F3N2O/c16-15(17,18)10-21-14-8-4-3-7-13(14)20-12-6-2-1-5-11(12)9-19/h3-4,7-8,11-12,20H,1-2,5-6,9-10,19H2. The van der Waals surface area contributed by atoms with Crippen molar-refractivity contribution in [1.82, 2.24) is 0 Å². The molecule has 1 aliphatic carbocycles. The van der Waals surface area contributed by atoms with E-state index in [0.29, 0.717) is 18.2 Å². The van der Waals surface area contributed by atoms with E-state index < -0.39 is 12.8 Å². The minimum absolute atomic E-state index is 0.194. The first-order valence-corrected chi connectivity index (χ1v) is 7.25. The molecule has 3 nitrogen and oxygen atoms in total. The summed E-state index contributed by atoms with van der Waals surface area (Å²) >= 11 is 0. The van der Waals surface area contributed by atoms with Crippen LogP contribution in [0.1, 0.15) is 25.7 Å². The monoisotopic (exact) mass is 302 g/mol. The molecular formula is C15H21F3N2O. The number of para-hydroxylation sites is 2. The van der Waals surface area contributed by atoms with Crippen LogP contribution in [0.3, 0.4) is 0 Å². The highest BCUT2D eigenvalue weighted by molar-refractivity contribution is 5.56. The van der Waals surface area contributed by atoms with Crippen LogP contribution in [0.15, 0.2) is 24.3 Å². The van der Waals surface area contributed by atoms with Gasteiger partial charge in [0.2, 0.25) is 0 Å². The van der Waals surface area contributed by atoms with Gasteiger partial charge in [0.05, 0.1) is 5.69 Å². The van der Waals surface area contributed by atoms with E-state index in [1.807, 2.05) is 0 Å². The number of rotatable bonds is 5. The lowest BCUT2D eigenvalue weighted by atomic mass is 9.84. The first-order valence-electron chi connectivity index (χ1n) is 7.25. The Morgan fingerprint density at radius 1 is 1.19 bits per heavy atom. The highest BCUT2D eigenvalue weighted by atomic mass is 19.4. The fraction of sp³-hybridized carbons (Fsp3) is 0.600. The normalized spacial score (nSPS) is 22.9. The van der Waals surface area contributed by atoms with Gasteiger partial charge in [0.15, 0.2) is 6.61 Å². The maximum absolute atomic E-state index is 12.3. The molecule has 0 heterocycles. The van der Waals surface area contributed by atoms with Crippen molar-refractivity contribution in [2.24, 2.45) is 11.7 Å². The predicted octanol–water partition coefficient (Wildman–Crippen LogP) is 3.56. The van der Waals surface area contributed by atoms with Gasteiger partial charge in [-0.3, -0.25) is 0 Å². The number of nitrogens with two attached hydrogens (primary N) is 1. The summed E-state index contributed by atoms with van der Waals surface area (Å²) in [5.74, 6) is 0.589. The van der Waals surface area contributed by atoms with E-state index in [2.05, 4.69) is 5.32 Å². The van der Waals surface area contributed by atoms with Crippen molar-refractivity contribution in [2.75, 3.05) is 18.5 Å². The van der Waals surface area contributed by atoms with Crippen molar-refractivity contribution in [2.45, 2.75) is 37.9 Å². The summed E-state index contributed by atoms with van der Waals surface area (Å²) in [5.41, 5.74) is 6.38. The van der Waals surface area contributed by atoms with Gasteiger partial charge in [-0.2, -0.15) is 13.2 Å². The fourth-order valence-electron chi connectivity index (χ4n) is 2.75. The van der Waals surface area contributed by atoms with Crippen molar-refractivity contribution in [3.63, 3.8) is 0 Å². The summed E-state index contributed by atoms with van der Waals surface area (Å²) in [4.78, 5) is 0. The number of anilines is 1. The van der Waals surface area contributed by atoms with E-state index in [4.69, 9.17) is 10.5 Å². The molecule has 6 heteroatoms. The molecule has 21 heavy (non-hydrogen) atoms. The number of ether oxygens (including phenoxy) is 1.